The molecule has 0 aliphatic heterocycles. The zero-order valence-electron chi connectivity index (χ0n) is 9.86. The number of unbranched alkanes of at least 4 members (excludes halogenated alkanes) is 1. The first-order chi connectivity index (χ1) is 8.13. The lowest BCUT2D eigenvalue weighted by Crippen LogP contribution is -2.04. The molecule has 0 atom stereocenters. The molecule has 0 aliphatic rings. The van der Waals surface area contributed by atoms with Crippen LogP contribution in [0.4, 0.5) is 5.69 Å². The average molecular weight is 232 g/mol. The molecule has 0 saturated heterocycles. The second-order valence-electron chi connectivity index (χ2n) is 3.94. The summed E-state index contributed by atoms with van der Waals surface area (Å²) in [4.78, 5) is 10.3. The smallest absolute Gasteiger partial charge is 0.303 e. The average Bonchev–Trinajstić information content (AvgIpc) is 2.28. The molecular formula is C13H16N2O2. The van der Waals surface area contributed by atoms with E-state index in [1.54, 1.807) is 6.07 Å². The van der Waals surface area contributed by atoms with Crippen LogP contribution in [0.2, 0.25) is 0 Å². The molecule has 0 radical (unpaired) electrons. The highest BCUT2D eigenvalue weighted by molar-refractivity contribution is 5.66. The maximum atomic E-state index is 10.3. The van der Waals surface area contributed by atoms with Crippen molar-refractivity contribution in [1.29, 1.82) is 5.26 Å². The number of aliphatic carboxylic acids is 1. The molecule has 1 aromatic carbocycles. The van der Waals surface area contributed by atoms with E-state index in [-0.39, 0.29) is 6.42 Å². The number of benzene rings is 1. The Morgan fingerprint density at radius 3 is 2.88 bits per heavy atom. The van der Waals surface area contributed by atoms with Gasteiger partial charge in [0.2, 0.25) is 0 Å². The van der Waals surface area contributed by atoms with Crippen molar-refractivity contribution in [3.05, 3.63) is 29.3 Å². The second kappa shape index (κ2) is 6.54. The van der Waals surface area contributed by atoms with Crippen LogP contribution in [-0.2, 0) is 4.79 Å². The van der Waals surface area contributed by atoms with Gasteiger partial charge in [-0.25, -0.2) is 0 Å². The van der Waals surface area contributed by atoms with Crippen molar-refractivity contribution < 1.29 is 9.90 Å². The van der Waals surface area contributed by atoms with Gasteiger partial charge >= 0.3 is 5.97 Å². The number of aryl methyl sites for hydroxylation is 1. The van der Waals surface area contributed by atoms with Crippen LogP contribution in [0.5, 0.6) is 0 Å². The molecule has 0 aliphatic carbocycles. The maximum absolute atomic E-state index is 10.3. The number of carboxylic acids is 1. The molecule has 0 unspecified atom stereocenters. The summed E-state index contributed by atoms with van der Waals surface area (Å²) in [5, 5.41) is 20.6. The number of anilines is 1. The highest BCUT2D eigenvalue weighted by Gasteiger charge is 2.01. The Morgan fingerprint density at radius 2 is 2.24 bits per heavy atom. The summed E-state index contributed by atoms with van der Waals surface area (Å²) in [5.41, 5.74) is 2.54. The van der Waals surface area contributed by atoms with Crippen LogP contribution in [0, 0.1) is 18.3 Å². The Kier molecular flexibility index (Phi) is 5.02. The molecule has 4 heteroatoms. The third-order valence-electron chi connectivity index (χ3n) is 2.43. The quantitative estimate of drug-likeness (QED) is 0.739. The van der Waals surface area contributed by atoms with Crippen LogP contribution in [0.15, 0.2) is 18.2 Å². The van der Waals surface area contributed by atoms with E-state index in [1.807, 2.05) is 19.1 Å². The fraction of sp³-hybridized carbons (Fsp3) is 0.385. The largest absolute Gasteiger partial charge is 0.481 e. The van der Waals surface area contributed by atoms with Crippen molar-refractivity contribution in [2.24, 2.45) is 0 Å². The van der Waals surface area contributed by atoms with Crippen molar-refractivity contribution in [1.82, 2.24) is 0 Å². The number of nitrogens with one attached hydrogen (secondary N) is 1. The lowest BCUT2D eigenvalue weighted by molar-refractivity contribution is -0.137. The topological polar surface area (TPSA) is 73.1 Å². The van der Waals surface area contributed by atoms with E-state index in [0.717, 1.165) is 17.7 Å². The normalized spacial score (nSPS) is 9.65. The predicted octanol–water partition coefficient (Wildman–Crippen LogP) is 2.53. The summed E-state index contributed by atoms with van der Waals surface area (Å²) in [7, 11) is 0. The number of rotatable bonds is 6. The lowest BCUT2D eigenvalue weighted by atomic mass is 10.1. The van der Waals surface area contributed by atoms with Crippen molar-refractivity contribution in [3.8, 4) is 6.07 Å². The minimum atomic E-state index is -0.765. The van der Waals surface area contributed by atoms with Gasteiger partial charge < -0.3 is 10.4 Å². The fourth-order valence-corrected chi connectivity index (χ4v) is 1.53. The van der Waals surface area contributed by atoms with Crippen molar-refractivity contribution in [2.45, 2.75) is 26.2 Å². The lowest BCUT2D eigenvalue weighted by Gasteiger charge is -2.08. The van der Waals surface area contributed by atoms with Gasteiger partial charge in [0.25, 0.3) is 0 Å². The van der Waals surface area contributed by atoms with Gasteiger partial charge in [-0.15, -0.1) is 0 Å². The molecule has 1 rings (SSSR count). The molecule has 0 heterocycles. The number of hydrogen-bond donors (Lipinski definition) is 2. The number of hydrogen-bond acceptors (Lipinski definition) is 3. The van der Waals surface area contributed by atoms with E-state index < -0.39 is 5.97 Å². The standard InChI is InChI=1S/C13H16N2O2/c1-10-5-6-11(9-14)12(8-10)15-7-3-2-4-13(16)17/h5-6,8,15H,2-4,7H2,1H3,(H,16,17). The van der Waals surface area contributed by atoms with Crippen LogP contribution in [0.3, 0.4) is 0 Å². The highest BCUT2D eigenvalue weighted by atomic mass is 16.4. The summed E-state index contributed by atoms with van der Waals surface area (Å²) >= 11 is 0. The van der Waals surface area contributed by atoms with E-state index in [9.17, 15) is 4.79 Å². The Hall–Kier alpha value is -2.02. The van der Waals surface area contributed by atoms with Crippen LogP contribution in [-0.4, -0.2) is 17.6 Å². The van der Waals surface area contributed by atoms with Crippen molar-refractivity contribution in [2.75, 3.05) is 11.9 Å². The first kappa shape index (κ1) is 13.0. The molecule has 0 spiro atoms. The Labute approximate surface area is 101 Å². The predicted molar refractivity (Wildman–Crippen MR) is 65.9 cm³/mol. The zero-order chi connectivity index (χ0) is 12.7. The fourth-order valence-electron chi connectivity index (χ4n) is 1.53. The van der Waals surface area contributed by atoms with E-state index >= 15 is 0 Å². The first-order valence-corrected chi connectivity index (χ1v) is 5.60. The summed E-state index contributed by atoms with van der Waals surface area (Å²) in [5.74, 6) is -0.765. The van der Waals surface area contributed by atoms with Gasteiger partial charge in [0.05, 0.1) is 11.3 Å². The van der Waals surface area contributed by atoms with Crippen LogP contribution >= 0.6 is 0 Å². The second-order valence-corrected chi connectivity index (χ2v) is 3.94. The third-order valence-corrected chi connectivity index (χ3v) is 2.43. The van der Waals surface area contributed by atoms with Gasteiger partial charge in [0.15, 0.2) is 0 Å². The van der Waals surface area contributed by atoms with E-state index in [1.165, 1.54) is 0 Å². The summed E-state index contributed by atoms with van der Waals surface area (Å²) in [6, 6.07) is 7.74. The molecule has 90 valence electrons. The van der Waals surface area contributed by atoms with Gasteiger partial charge in [-0.2, -0.15) is 5.26 Å². The van der Waals surface area contributed by atoms with Gasteiger partial charge in [0.1, 0.15) is 6.07 Å². The Morgan fingerprint density at radius 1 is 1.47 bits per heavy atom. The molecule has 0 amide bonds. The monoisotopic (exact) mass is 232 g/mol. The number of carbonyl (C=O) groups is 1. The zero-order valence-corrected chi connectivity index (χ0v) is 9.86. The molecule has 0 aromatic heterocycles. The Balaban J connectivity index is 2.43. The van der Waals surface area contributed by atoms with E-state index in [4.69, 9.17) is 10.4 Å². The molecule has 0 fully saturated rings. The molecule has 0 saturated carbocycles. The van der Waals surface area contributed by atoms with Crippen molar-refractivity contribution >= 4 is 11.7 Å². The number of nitrogens with zero attached hydrogens (tertiary/aromatic N) is 1. The van der Waals surface area contributed by atoms with Gasteiger partial charge in [-0.1, -0.05) is 6.07 Å². The molecular weight excluding hydrogens is 216 g/mol. The van der Waals surface area contributed by atoms with Crippen molar-refractivity contribution in [3.63, 3.8) is 0 Å². The van der Waals surface area contributed by atoms with Gasteiger partial charge in [-0.05, 0) is 37.5 Å². The molecule has 1 aromatic rings. The number of carboxylic acid groups (broad SMARTS) is 1. The van der Waals surface area contributed by atoms with Crippen LogP contribution in [0.1, 0.15) is 30.4 Å². The minimum Gasteiger partial charge on any atom is -0.481 e. The molecule has 4 nitrogen and oxygen atoms in total. The minimum absolute atomic E-state index is 0.195. The SMILES string of the molecule is Cc1ccc(C#N)c(NCCCCC(=O)O)c1. The van der Waals surface area contributed by atoms with E-state index in [0.29, 0.717) is 18.5 Å². The van der Waals surface area contributed by atoms with Gasteiger partial charge in [-0.3, -0.25) is 4.79 Å². The van der Waals surface area contributed by atoms with Gasteiger partial charge in [0, 0.05) is 13.0 Å². The van der Waals surface area contributed by atoms with Crippen LogP contribution < -0.4 is 5.32 Å². The summed E-state index contributed by atoms with van der Waals surface area (Å²) < 4.78 is 0. The summed E-state index contributed by atoms with van der Waals surface area (Å²) in [6.45, 7) is 2.65. The number of nitriles is 1. The molecule has 0 bridgehead atoms. The molecule has 2 N–H and O–H groups in total. The maximum Gasteiger partial charge on any atom is 0.303 e. The third kappa shape index (κ3) is 4.56. The highest BCUT2D eigenvalue weighted by Crippen LogP contribution is 2.16. The first-order valence-electron chi connectivity index (χ1n) is 5.60. The van der Waals surface area contributed by atoms with Crippen LogP contribution in [0.25, 0.3) is 0 Å². The van der Waals surface area contributed by atoms with E-state index in [2.05, 4.69) is 11.4 Å². The summed E-state index contributed by atoms with van der Waals surface area (Å²) in [6.07, 6.45) is 1.63. The molecule has 17 heavy (non-hydrogen) atoms. The Bertz CT molecular complexity index is 436.